The van der Waals surface area contributed by atoms with E-state index in [1.54, 1.807) is 4.90 Å². The average Bonchev–Trinajstić information content (AvgIpc) is 2.76. The molecule has 5 nitrogen and oxygen atoms in total. The van der Waals surface area contributed by atoms with Gasteiger partial charge in [-0.15, -0.1) is 0 Å². The number of carbonyl (C=O) groups is 2. The molecular formula is C14H22N2O3. The summed E-state index contributed by atoms with van der Waals surface area (Å²) in [6.07, 6.45) is 6.58. The standard InChI is InChI=1S/C14H22N2O3/c1-11-5-4-8-16(10-11)13(19)15-14(9-12(17)18)6-2-3-7-14/h5H,2-4,6-10H2,1H3,(H,15,19)(H,17,18). The second-order valence-electron chi connectivity index (χ2n) is 5.75. The summed E-state index contributed by atoms with van der Waals surface area (Å²) in [5.41, 5.74) is 0.665. The highest BCUT2D eigenvalue weighted by atomic mass is 16.4. The normalized spacial score (nSPS) is 21.9. The van der Waals surface area contributed by atoms with E-state index in [2.05, 4.69) is 11.4 Å². The molecule has 0 radical (unpaired) electrons. The Morgan fingerprint density at radius 2 is 2.11 bits per heavy atom. The van der Waals surface area contributed by atoms with E-state index in [-0.39, 0.29) is 12.5 Å². The van der Waals surface area contributed by atoms with Crippen molar-refractivity contribution in [2.75, 3.05) is 13.1 Å². The van der Waals surface area contributed by atoms with Crippen LogP contribution in [-0.4, -0.2) is 40.6 Å². The number of carboxylic acids is 1. The molecule has 106 valence electrons. The van der Waals surface area contributed by atoms with Gasteiger partial charge in [0.2, 0.25) is 0 Å². The molecule has 19 heavy (non-hydrogen) atoms. The molecule has 0 aromatic carbocycles. The highest BCUT2D eigenvalue weighted by molar-refractivity contribution is 5.77. The molecule has 0 aromatic heterocycles. The van der Waals surface area contributed by atoms with Crippen molar-refractivity contribution >= 4 is 12.0 Å². The molecule has 0 atom stereocenters. The lowest BCUT2D eigenvalue weighted by Crippen LogP contribution is -2.53. The van der Waals surface area contributed by atoms with Gasteiger partial charge >= 0.3 is 12.0 Å². The number of urea groups is 1. The molecule has 0 unspecified atom stereocenters. The molecule has 2 N–H and O–H groups in total. The maximum atomic E-state index is 12.3. The van der Waals surface area contributed by atoms with E-state index in [0.717, 1.165) is 32.1 Å². The number of hydrogen-bond donors (Lipinski definition) is 2. The molecule has 0 aromatic rings. The second kappa shape index (κ2) is 5.63. The van der Waals surface area contributed by atoms with E-state index in [1.807, 2.05) is 6.92 Å². The summed E-state index contributed by atoms with van der Waals surface area (Å²) in [6.45, 7) is 3.38. The fourth-order valence-corrected chi connectivity index (χ4v) is 3.08. The van der Waals surface area contributed by atoms with Crippen molar-refractivity contribution in [3.63, 3.8) is 0 Å². The number of rotatable bonds is 3. The number of hydrogen-bond acceptors (Lipinski definition) is 2. The third-order valence-electron chi connectivity index (χ3n) is 4.04. The van der Waals surface area contributed by atoms with Crippen molar-refractivity contribution in [1.29, 1.82) is 0 Å². The lowest BCUT2D eigenvalue weighted by Gasteiger charge is -2.34. The Bertz CT molecular complexity index is 397. The minimum atomic E-state index is -0.836. The highest BCUT2D eigenvalue weighted by Crippen LogP contribution is 2.33. The first-order chi connectivity index (χ1) is 9.01. The van der Waals surface area contributed by atoms with Crippen molar-refractivity contribution in [1.82, 2.24) is 10.2 Å². The largest absolute Gasteiger partial charge is 0.481 e. The fourth-order valence-electron chi connectivity index (χ4n) is 3.08. The van der Waals surface area contributed by atoms with Gasteiger partial charge in [0.1, 0.15) is 0 Å². The van der Waals surface area contributed by atoms with Crippen molar-refractivity contribution in [2.45, 2.75) is 51.0 Å². The van der Waals surface area contributed by atoms with Gasteiger partial charge in [-0.3, -0.25) is 4.79 Å². The van der Waals surface area contributed by atoms with Gasteiger partial charge in [-0.1, -0.05) is 24.5 Å². The van der Waals surface area contributed by atoms with Crippen LogP contribution in [0.2, 0.25) is 0 Å². The average molecular weight is 266 g/mol. The predicted octanol–water partition coefficient (Wildman–Crippen LogP) is 2.14. The fraction of sp³-hybridized carbons (Fsp3) is 0.714. The molecule has 5 heteroatoms. The zero-order valence-electron chi connectivity index (χ0n) is 11.4. The van der Waals surface area contributed by atoms with E-state index in [0.29, 0.717) is 13.1 Å². The summed E-state index contributed by atoms with van der Waals surface area (Å²) in [4.78, 5) is 25.1. The van der Waals surface area contributed by atoms with Gasteiger partial charge in [0.05, 0.1) is 12.0 Å². The Morgan fingerprint density at radius 3 is 2.68 bits per heavy atom. The van der Waals surface area contributed by atoms with Gasteiger partial charge in [-0.2, -0.15) is 0 Å². The molecular weight excluding hydrogens is 244 g/mol. The Hall–Kier alpha value is -1.52. The van der Waals surface area contributed by atoms with E-state index < -0.39 is 11.5 Å². The van der Waals surface area contributed by atoms with Gasteiger partial charge in [-0.05, 0) is 26.2 Å². The van der Waals surface area contributed by atoms with Crippen molar-refractivity contribution in [2.24, 2.45) is 0 Å². The predicted molar refractivity (Wildman–Crippen MR) is 71.9 cm³/mol. The number of carbonyl (C=O) groups excluding carboxylic acids is 1. The maximum Gasteiger partial charge on any atom is 0.318 e. The molecule has 0 spiro atoms. The van der Waals surface area contributed by atoms with Crippen LogP contribution in [-0.2, 0) is 4.79 Å². The topological polar surface area (TPSA) is 69.6 Å². The minimum absolute atomic E-state index is 0.0292. The SMILES string of the molecule is CC1=CCCN(C(=O)NC2(CC(=O)O)CCCC2)C1. The van der Waals surface area contributed by atoms with E-state index in [4.69, 9.17) is 5.11 Å². The number of amides is 2. The lowest BCUT2D eigenvalue weighted by atomic mass is 9.93. The molecule has 1 saturated carbocycles. The Balaban J connectivity index is 1.99. The van der Waals surface area contributed by atoms with Crippen molar-refractivity contribution < 1.29 is 14.7 Å². The smallest absolute Gasteiger partial charge is 0.318 e. The summed E-state index contributed by atoms with van der Waals surface area (Å²) in [7, 11) is 0. The Kier molecular flexibility index (Phi) is 4.12. The summed E-state index contributed by atoms with van der Waals surface area (Å²) in [6, 6.07) is -0.115. The number of nitrogens with zero attached hydrogens (tertiary/aromatic N) is 1. The first-order valence-electron chi connectivity index (χ1n) is 6.95. The van der Waals surface area contributed by atoms with Crippen LogP contribution in [0.25, 0.3) is 0 Å². The third kappa shape index (κ3) is 3.49. The maximum absolute atomic E-state index is 12.3. The number of aliphatic carboxylic acids is 1. The van der Waals surface area contributed by atoms with E-state index in [1.165, 1.54) is 5.57 Å². The molecule has 1 aliphatic heterocycles. The van der Waals surface area contributed by atoms with Crippen LogP contribution in [0, 0.1) is 0 Å². The van der Waals surface area contributed by atoms with Crippen LogP contribution in [0.15, 0.2) is 11.6 Å². The molecule has 2 amide bonds. The van der Waals surface area contributed by atoms with E-state index in [9.17, 15) is 9.59 Å². The highest BCUT2D eigenvalue weighted by Gasteiger charge is 2.38. The Labute approximate surface area is 113 Å². The number of carboxylic acid groups (broad SMARTS) is 1. The van der Waals surface area contributed by atoms with Gasteiger partial charge in [0.25, 0.3) is 0 Å². The monoisotopic (exact) mass is 266 g/mol. The summed E-state index contributed by atoms with van der Waals surface area (Å²) in [5.74, 6) is -0.836. The zero-order valence-corrected chi connectivity index (χ0v) is 11.4. The summed E-state index contributed by atoms with van der Waals surface area (Å²) >= 11 is 0. The van der Waals surface area contributed by atoms with Crippen LogP contribution in [0.5, 0.6) is 0 Å². The second-order valence-corrected chi connectivity index (χ2v) is 5.75. The molecule has 2 rings (SSSR count). The van der Waals surface area contributed by atoms with E-state index >= 15 is 0 Å². The van der Waals surface area contributed by atoms with Crippen LogP contribution in [0.4, 0.5) is 4.79 Å². The molecule has 0 saturated heterocycles. The number of nitrogens with one attached hydrogen (secondary N) is 1. The van der Waals surface area contributed by atoms with Gasteiger partial charge in [0.15, 0.2) is 0 Å². The first kappa shape index (κ1) is 13.9. The van der Waals surface area contributed by atoms with Crippen LogP contribution >= 0.6 is 0 Å². The molecule has 0 bridgehead atoms. The van der Waals surface area contributed by atoms with Gasteiger partial charge < -0.3 is 15.3 Å². The summed E-state index contributed by atoms with van der Waals surface area (Å²) in [5, 5.41) is 12.0. The zero-order chi connectivity index (χ0) is 13.9. The Morgan fingerprint density at radius 1 is 1.42 bits per heavy atom. The molecule has 2 aliphatic rings. The van der Waals surface area contributed by atoms with Crippen LogP contribution < -0.4 is 5.32 Å². The van der Waals surface area contributed by atoms with Crippen LogP contribution in [0.1, 0.15) is 45.4 Å². The lowest BCUT2D eigenvalue weighted by molar-refractivity contribution is -0.138. The van der Waals surface area contributed by atoms with Crippen LogP contribution in [0.3, 0.4) is 0 Å². The third-order valence-corrected chi connectivity index (χ3v) is 4.04. The molecule has 1 fully saturated rings. The molecule has 1 heterocycles. The van der Waals surface area contributed by atoms with Crippen molar-refractivity contribution in [3.8, 4) is 0 Å². The van der Waals surface area contributed by atoms with Gasteiger partial charge in [0, 0.05) is 13.1 Å². The van der Waals surface area contributed by atoms with Crippen molar-refractivity contribution in [3.05, 3.63) is 11.6 Å². The first-order valence-corrected chi connectivity index (χ1v) is 6.95. The van der Waals surface area contributed by atoms with Gasteiger partial charge in [-0.25, -0.2) is 4.79 Å². The summed E-state index contributed by atoms with van der Waals surface area (Å²) < 4.78 is 0. The quantitative estimate of drug-likeness (QED) is 0.769. The molecule has 1 aliphatic carbocycles. The minimum Gasteiger partial charge on any atom is -0.481 e.